The molecule has 1 saturated heterocycles. The SMILES string of the molecule is CC[C@@H](C)[C@H]([C@H](CC(=O)N1CCC[C@@H]1[C@@H](OC)[C@H](C)C(=O)N[C@@H](C)[C@H](O)c1ccccc1)OC)N(C)C(=O)[C@H](NC(=O)[C@@H](C(C)C)N(C)C(C)=O)C(C)C. The first-order valence-corrected chi connectivity index (χ1v) is 19.5. The van der Waals surface area contributed by atoms with E-state index in [0.717, 1.165) is 6.42 Å². The van der Waals surface area contributed by atoms with Crippen LogP contribution in [0.15, 0.2) is 30.3 Å². The highest BCUT2D eigenvalue weighted by Gasteiger charge is 2.43. The zero-order chi connectivity index (χ0) is 41.0. The normalized spacial score (nSPS) is 19.6. The van der Waals surface area contributed by atoms with E-state index in [1.165, 1.54) is 18.9 Å². The van der Waals surface area contributed by atoms with E-state index in [-0.39, 0.29) is 53.8 Å². The third-order valence-corrected chi connectivity index (χ3v) is 11.3. The Morgan fingerprint density at radius 1 is 0.889 bits per heavy atom. The predicted molar refractivity (Wildman–Crippen MR) is 209 cm³/mol. The predicted octanol–water partition coefficient (Wildman–Crippen LogP) is 3.79. The number of likely N-dealkylation sites (N-methyl/N-ethyl adjacent to an activating group) is 2. The van der Waals surface area contributed by atoms with Crippen LogP contribution in [0.25, 0.3) is 0 Å². The Labute approximate surface area is 323 Å². The zero-order valence-electron chi connectivity index (χ0n) is 35.0. The topological polar surface area (TPSA) is 158 Å². The number of methoxy groups -OCH3 is 2. The second-order valence-corrected chi connectivity index (χ2v) is 15.8. The average molecular weight is 760 g/mol. The molecule has 0 radical (unpaired) electrons. The summed E-state index contributed by atoms with van der Waals surface area (Å²) in [5.41, 5.74) is 0.700. The molecule has 3 N–H and O–H groups in total. The van der Waals surface area contributed by atoms with Gasteiger partial charge in [0.05, 0.1) is 48.8 Å². The first kappa shape index (κ1) is 46.6. The first-order chi connectivity index (χ1) is 25.3. The molecule has 1 aromatic carbocycles. The fourth-order valence-corrected chi connectivity index (χ4v) is 7.77. The van der Waals surface area contributed by atoms with Crippen LogP contribution in [0.1, 0.15) is 99.7 Å². The number of rotatable bonds is 20. The van der Waals surface area contributed by atoms with Crippen molar-refractivity contribution in [3.8, 4) is 0 Å². The molecule has 13 nitrogen and oxygen atoms in total. The van der Waals surface area contributed by atoms with Gasteiger partial charge in [-0.05, 0) is 43.1 Å². The van der Waals surface area contributed by atoms with Gasteiger partial charge in [0.1, 0.15) is 12.1 Å². The Hall–Kier alpha value is -3.55. The number of nitrogens with zero attached hydrogens (tertiary/aromatic N) is 3. The van der Waals surface area contributed by atoms with Crippen molar-refractivity contribution in [3.63, 3.8) is 0 Å². The lowest BCUT2D eigenvalue weighted by molar-refractivity contribution is -0.148. The number of benzene rings is 1. The molecule has 1 aromatic rings. The van der Waals surface area contributed by atoms with E-state index in [1.54, 1.807) is 44.9 Å². The summed E-state index contributed by atoms with van der Waals surface area (Å²) >= 11 is 0. The molecule has 0 saturated carbocycles. The Bertz CT molecular complexity index is 1380. The van der Waals surface area contributed by atoms with Crippen molar-refractivity contribution in [2.75, 3.05) is 34.9 Å². The number of nitrogens with one attached hydrogen (secondary N) is 2. The van der Waals surface area contributed by atoms with Crippen LogP contribution in [0, 0.1) is 23.7 Å². The Morgan fingerprint density at radius 2 is 1.50 bits per heavy atom. The molecule has 1 heterocycles. The van der Waals surface area contributed by atoms with E-state index in [4.69, 9.17) is 9.47 Å². The van der Waals surface area contributed by atoms with Crippen molar-refractivity contribution < 1.29 is 38.6 Å². The summed E-state index contributed by atoms with van der Waals surface area (Å²) in [5, 5.41) is 16.7. The van der Waals surface area contributed by atoms with Crippen LogP contribution in [0.5, 0.6) is 0 Å². The van der Waals surface area contributed by atoms with Gasteiger partial charge in [0.25, 0.3) is 0 Å². The van der Waals surface area contributed by atoms with Crippen molar-refractivity contribution in [1.29, 1.82) is 0 Å². The van der Waals surface area contributed by atoms with E-state index in [1.807, 2.05) is 71.9 Å². The molecule has 1 aliphatic heterocycles. The number of likely N-dealkylation sites (tertiary alicyclic amines) is 1. The van der Waals surface area contributed by atoms with Crippen molar-refractivity contribution in [3.05, 3.63) is 35.9 Å². The van der Waals surface area contributed by atoms with Crippen LogP contribution >= 0.6 is 0 Å². The molecule has 0 bridgehead atoms. The number of aliphatic hydroxyl groups excluding tert-OH is 1. The second-order valence-electron chi connectivity index (χ2n) is 15.8. The fraction of sp³-hybridized carbons (Fsp3) is 0.732. The number of carbonyl (C=O) groups is 5. The van der Waals surface area contributed by atoms with E-state index in [2.05, 4.69) is 10.6 Å². The van der Waals surface area contributed by atoms with Gasteiger partial charge >= 0.3 is 0 Å². The number of amides is 5. The summed E-state index contributed by atoms with van der Waals surface area (Å²) in [6.07, 6.45) is -0.0592. The molecule has 306 valence electrons. The maximum Gasteiger partial charge on any atom is 0.245 e. The van der Waals surface area contributed by atoms with Crippen LogP contribution in [-0.4, -0.2) is 127 Å². The minimum Gasteiger partial charge on any atom is -0.386 e. The molecule has 0 unspecified atom stereocenters. The molecule has 1 aliphatic rings. The Morgan fingerprint density at radius 3 is 2.00 bits per heavy atom. The first-order valence-electron chi connectivity index (χ1n) is 19.5. The molecule has 54 heavy (non-hydrogen) atoms. The average Bonchev–Trinajstić information content (AvgIpc) is 3.62. The van der Waals surface area contributed by atoms with Gasteiger partial charge in [-0.25, -0.2) is 0 Å². The van der Waals surface area contributed by atoms with Gasteiger partial charge in [-0.1, -0.05) is 85.2 Å². The zero-order valence-corrected chi connectivity index (χ0v) is 35.0. The second kappa shape index (κ2) is 21.5. The van der Waals surface area contributed by atoms with Gasteiger partial charge in [-0.2, -0.15) is 0 Å². The molecule has 1 fully saturated rings. The number of aliphatic hydroxyl groups is 1. The van der Waals surface area contributed by atoms with Crippen molar-refractivity contribution in [2.24, 2.45) is 23.7 Å². The summed E-state index contributed by atoms with van der Waals surface area (Å²) in [4.78, 5) is 72.4. The Balaban J connectivity index is 2.27. The summed E-state index contributed by atoms with van der Waals surface area (Å²) in [6, 6.07) is 6.10. The highest BCUT2D eigenvalue weighted by Crippen LogP contribution is 2.30. The van der Waals surface area contributed by atoms with Crippen LogP contribution in [-0.2, 0) is 33.4 Å². The molecule has 0 spiro atoms. The quantitative estimate of drug-likeness (QED) is 0.181. The minimum atomic E-state index is -0.889. The maximum absolute atomic E-state index is 14.3. The van der Waals surface area contributed by atoms with E-state index >= 15 is 0 Å². The lowest BCUT2D eigenvalue weighted by atomic mass is 9.89. The highest BCUT2D eigenvalue weighted by molar-refractivity contribution is 5.92. The van der Waals surface area contributed by atoms with Gasteiger partial charge < -0.3 is 39.9 Å². The molecular weight excluding hydrogens is 690 g/mol. The molecule has 10 atom stereocenters. The van der Waals surface area contributed by atoms with Crippen LogP contribution in [0.2, 0.25) is 0 Å². The summed E-state index contributed by atoms with van der Waals surface area (Å²) in [5.74, 6) is -2.54. The highest BCUT2D eigenvalue weighted by atomic mass is 16.5. The van der Waals surface area contributed by atoms with Gasteiger partial charge in [0.15, 0.2) is 0 Å². The summed E-state index contributed by atoms with van der Waals surface area (Å²) < 4.78 is 11.9. The van der Waals surface area contributed by atoms with E-state index in [9.17, 15) is 29.1 Å². The van der Waals surface area contributed by atoms with Gasteiger partial charge in [0, 0.05) is 41.8 Å². The van der Waals surface area contributed by atoms with Crippen molar-refractivity contribution in [1.82, 2.24) is 25.3 Å². The molecule has 0 aliphatic carbocycles. The Kier molecular flexibility index (Phi) is 18.6. The number of ether oxygens (including phenoxy) is 2. The van der Waals surface area contributed by atoms with Gasteiger partial charge in [0.2, 0.25) is 29.5 Å². The minimum absolute atomic E-state index is 0.00548. The maximum atomic E-state index is 14.3. The molecule has 5 amide bonds. The largest absolute Gasteiger partial charge is 0.386 e. The van der Waals surface area contributed by atoms with Gasteiger partial charge in [-0.3, -0.25) is 24.0 Å². The van der Waals surface area contributed by atoms with E-state index in [0.29, 0.717) is 24.9 Å². The molecular formula is C41H69N5O8. The number of hydrogen-bond acceptors (Lipinski definition) is 8. The molecule has 13 heteroatoms. The molecule has 2 rings (SSSR count). The fourth-order valence-electron chi connectivity index (χ4n) is 7.77. The molecule has 0 aromatic heterocycles. The third kappa shape index (κ3) is 11.7. The third-order valence-electron chi connectivity index (χ3n) is 11.3. The van der Waals surface area contributed by atoms with Gasteiger partial charge in [-0.15, -0.1) is 0 Å². The number of carbonyl (C=O) groups excluding carboxylic acids is 5. The standard InChI is InChI=1S/C41H69N5O8/c1-14-26(6)36(45(11)41(52)34(24(2)3)43-40(51)35(25(4)5)44(10)29(9)47)32(53-12)23-33(48)46-22-18-21-31(46)38(54-13)27(7)39(50)42-28(8)37(49)30-19-16-15-17-20-30/h15-17,19-20,24-28,31-32,34-38,49H,14,18,21-23H2,1-13H3,(H,42,50)(H,43,51)/t26-,27+,28+,31-,32+,34-,35-,36-,37+,38+/m1/s1. The van der Waals surface area contributed by atoms with E-state index < -0.39 is 54.3 Å². The van der Waals surface area contributed by atoms with Crippen molar-refractivity contribution >= 4 is 29.5 Å². The number of hydrogen-bond donors (Lipinski definition) is 3. The monoisotopic (exact) mass is 760 g/mol. The lowest BCUT2D eigenvalue weighted by Crippen LogP contribution is -2.60. The lowest BCUT2D eigenvalue weighted by Gasteiger charge is -2.41. The van der Waals surface area contributed by atoms with Crippen LogP contribution in [0.3, 0.4) is 0 Å². The smallest absolute Gasteiger partial charge is 0.245 e. The summed E-state index contributed by atoms with van der Waals surface area (Å²) in [6.45, 7) is 16.9. The van der Waals surface area contributed by atoms with Crippen LogP contribution < -0.4 is 10.6 Å². The van der Waals surface area contributed by atoms with Crippen LogP contribution in [0.4, 0.5) is 0 Å². The van der Waals surface area contributed by atoms with Crippen molar-refractivity contribution in [2.45, 2.75) is 137 Å². The summed E-state index contributed by atoms with van der Waals surface area (Å²) in [7, 11) is 6.35.